The summed E-state index contributed by atoms with van der Waals surface area (Å²) in [5.74, 6) is 0.810. The molecule has 1 fully saturated rings. The fourth-order valence-corrected chi connectivity index (χ4v) is 2.58. The minimum Gasteiger partial charge on any atom is -0.342 e. The summed E-state index contributed by atoms with van der Waals surface area (Å²) in [5.41, 5.74) is 7.04. The molecule has 1 aromatic rings. The zero-order valence-corrected chi connectivity index (χ0v) is 12.2. The average Bonchev–Trinajstić information content (AvgIpc) is 2.78. The molecule has 1 aromatic carbocycles. The number of carbonyl (C=O) groups excluding carboxylic acids is 1. The molecule has 0 bridgehead atoms. The molecule has 106 valence electrons. The number of nitrogens with two attached hydrogens (primary N) is 1. The Balaban J connectivity index is 0.00000180. The van der Waals surface area contributed by atoms with E-state index >= 15 is 0 Å². The van der Waals surface area contributed by atoms with E-state index in [1.165, 1.54) is 5.56 Å². The normalized spacial score (nSPS) is 19.9. The second-order valence-corrected chi connectivity index (χ2v) is 5.37. The molecule has 0 spiro atoms. The maximum Gasteiger partial charge on any atom is 0.224 e. The van der Waals surface area contributed by atoms with E-state index in [-0.39, 0.29) is 24.4 Å². The van der Waals surface area contributed by atoms with Crippen LogP contribution in [0.2, 0.25) is 0 Å². The van der Waals surface area contributed by atoms with E-state index in [0.29, 0.717) is 12.3 Å². The highest BCUT2D eigenvalue weighted by molar-refractivity contribution is 5.85. The molecule has 0 saturated carbocycles. The van der Waals surface area contributed by atoms with E-state index in [2.05, 4.69) is 24.3 Å². The van der Waals surface area contributed by atoms with Crippen LogP contribution in [0.15, 0.2) is 30.3 Å². The van der Waals surface area contributed by atoms with Gasteiger partial charge in [0.05, 0.1) is 0 Å². The van der Waals surface area contributed by atoms with E-state index in [1.807, 2.05) is 17.9 Å². The zero-order chi connectivity index (χ0) is 13.0. The van der Waals surface area contributed by atoms with Gasteiger partial charge in [0, 0.05) is 25.6 Å². The summed E-state index contributed by atoms with van der Waals surface area (Å²) < 4.78 is 0. The summed E-state index contributed by atoms with van der Waals surface area (Å²) in [7, 11) is 0. The first kappa shape index (κ1) is 16.0. The van der Waals surface area contributed by atoms with E-state index in [0.717, 1.165) is 25.9 Å². The molecule has 1 saturated heterocycles. The largest absolute Gasteiger partial charge is 0.342 e. The molecular weight excluding hydrogens is 260 g/mol. The second-order valence-electron chi connectivity index (χ2n) is 5.37. The van der Waals surface area contributed by atoms with Crippen molar-refractivity contribution in [3.63, 3.8) is 0 Å². The lowest BCUT2D eigenvalue weighted by molar-refractivity contribution is -0.130. The monoisotopic (exact) mass is 282 g/mol. The molecule has 2 unspecified atom stereocenters. The number of halogens is 1. The predicted molar refractivity (Wildman–Crippen MR) is 80.3 cm³/mol. The molecular formula is C15H23ClN2O. The standard InChI is InChI=1S/C15H22N2O.ClH/c1-12(16)9-15(18)17-8-7-14(11-17)10-13-5-3-2-4-6-13;/h2-6,12,14H,7-11,16H2,1H3;1H. The van der Waals surface area contributed by atoms with E-state index in [1.54, 1.807) is 0 Å². The summed E-state index contributed by atoms with van der Waals surface area (Å²) in [6.45, 7) is 3.67. The van der Waals surface area contributed by atoms with E-state index < -0.39 is 0 Å². The van der Waals surface area contributed by atoms with E-state index in [4.69, 9.17) is 5.73 Å². The Morgan fingerprint density at radius 3 is 2.74 bits per heavy atom. The minimum atomic E-state index is -0.0364. The molecule has 1 heterocycles. The van der Waals surface area contributed by atoms with Crippen molar-refractivity contribution in [1.29, 1.82) is 0 Å². The van der Waals surface area contributed by atoms with Crippen molar-refractivity contribution in [2.45, 2.75) is 32.2 Å². The smallest absolute Gasteiger partial charge is 0.224 e. The van der Waals surface area contributed by atoms with E-state index in [9.17, 15) is 4.79 Å². The molecule has 2 atom stereocenters. The van der Waals surface area contributed by atoms with Crippen molar-refractivity contribution in [3.8, 4) is 0 Å². The fraction of sp³-hybridized carbons (Fsp3) is 0.533. The number of amides is 1. The van der Waals surface area contributed by atoms with Gasteiger partial charge >= 0.3 is 0 Å². The number of hydrogen-bond acceptors (Lipinski definition) is 2. The summed E-state index contributed by atoms with van der Waals surface area (Å²) in [6, 6.07) is 10.5. The van der Waals surface area contributed by atoms with Gasteiger partial charge in [-0.1, -0.05) is 30.3 Å². The number of rotatable bonds is 4. The van der Waals surface area contributed by atoms with Crippen LogP contribution in [0, 0.1) is 5.92 Å². The SMILES string of the molecule is CC(N)CC(=O)N1CCC(Cc2ccccc2)C1.Cl. The topological polar surface area (TPSA) is 46.3 Å². The third kappa shape index (κ3) is 4.84. The summed E-state index contributed by atoms with van der Waals surface area (Å²) >= 11 is 0. The van der Waals surface area contributed by atoms with Gasteiger partial charge in [0.25, 0.3) is 0 Å². The zero-order valence-electron chi connectivity index (χ0n) is 11.4. The molecule has 1 aliphatic heterocycles. The first-order valence-electron chi connectivity index (χ1n) is 6.72. The Morgan fingerprint density at radius 2 is 2.11 bits per heavy atom. The Hall–Kier alpha value is -1.06. The minimum absolute atomic E-state index is 0. The summed E-state index contributed by atoms with van der Waals surface area (Å²) in [4.78, 5) is 13.9. The van der Waals surface area contributed by atoms with Crippen LogP contribution in [0.25, 0.3) is 0 Å². The van der Waals surface area contributed by atoms with Gasteiger partial charge in [-0.3, -0.25) is 4.79 Å². The highest BCUT2D eigenvalue weighted by Crippen LogP contribution is 2.21. The predicted octanol–water partition coefficient (Wildman–Crippen LogP) is 2.24. The summed E-state index contributed by atoms with van der Waals surface area (Å²) in [5, 5.41) is 0. The molecule has 1 aliphatic rings. The lowest BCUT2D eigenvalue weighted by atomic mass is 9.99. The van der Waals surface area contributed by atoms with Gasteiger partial charge in [-0.2, -0.15) is 0 Å². The van der Waals surface area contributed by atoms with Crippen LogP contribution in [0.4, 0.5) is 0 Å². The van der Waals surface area contributed by atoms with Crippen molar-refractivity contribution >= 4 is 18.3 Å². The summed E-state index contributed by atoms with van der Waals surface area (Å²) in [6.07, 6.45) is 2.65. The molecule has 1 amide bonds. The number of carbonyl (C=O) groups is 1. The maximum absolute atomic E-state index is 11.9. The van der Waals surface area contributed by atoms with Gasteiger partial charge in [-0.15, -0.1) is 12.4 Å². The third-order valence-electron chi connectivity index (χ3n) is 3.50. The van der Waals surface area contributed by atoms with Gasteiger partial charge < -0.3 is 10.6 Å². The van der Waals surface area contributed by atoms with Crippen LogP contribution in [-0.2, 0) is 11.2 Å². The first-order chi connectivity index (χ1) is 8.65. The van der Waals surface area contributed by atoms with Crippen molar-refractivity contribution in [2.75, 3.05) is 13.1 Å². The number of hydrogen-bond donors (Lipinski definition) is 1. The van der Waals surface area contributed by atoms with Crippen LogP contribution in [0.3, 0.4) is 0 Å². The van der Waals surface area contributed by atoms with Crippen LogP contribution in [0.1, 0.15) is 25.3 Å². The first-order valence-corrected chi connectivity index (χ1v) is 6.72. The van der Waals surface area contributed by atoms with Crippen molar-refractivity contribution < 1.29 is 4.79 Å². The molecule has 0 aromatic heterocycles. The Morgan fingerprint density at radius 1 is 1.42 bits per heavy atom. The van der Waals surface area contributed by atoms with Crippen LogP contribution in [0.5, 0.6) is 0 Å². The van der Waals surface area contributed by atoms with Gasteiger partial charge in [-0.05, 0) is 31.2 Å². The van der Waals surface area contributed by atoms with Crippen LogP contribution >= 0.6 is 12.4 Å². The average molecular weight is 283 g/mol. The molecule has 19 heavy (non-hydrogen) atoms. The third-order valence-corrected chi connectivity index (χ3v) is 3.50. The highest BCUT2D eigenvalue weighted by atomic mass is 35.5. The molecule has 4 heteroatoms. The Bertz CT molecular complexity index is 394. The molecule has 2 rings (SSSR count). The van der Waals surface area contributed by atoms with Crippen molar-refractivity contribution in [3.05, 3.63) is 35.9 Å². The van der Waals surface area contributed by atoms with Gasteiger partial charge in [-0.25, -0.2) is 0 Å². The molecule has 0 aliphatic carbocycles. The van der Waals surface area contributed by atoms with Crippen molar-refractivity contribution in [2.24, 2.45) is 11.7 Å². The number of nitrogens with zero attached hydrogens (tertiary/aromatic N) is 1. The number of likely N-dealkylation sites (tertiary alicyclic amines) is 1. The van der Waals surface area contributed by atoms with Crippen LogP contribution in [-0.4, -0.2) is 29.9 Å². The second kappa shape index (κ2) is 7.51. The Labute approximate surface area is 121 Å². The van der Waals surface area contributed by atoms with Crippen molar-refractivity contribution in [1.82, 2.24) is 4.90 Å². The fourth-order valence-electron chi connectivity index (χ4n) is 2.58. The highest BCUT2D eigenvalue weighted by Gasteiger charge is 2.26. The van der Waals surface area contributed by atoms with Gasteiger partial charge in [0.15, 0.2) is 0 Å². The molecule has 3 nitrogen and oxygen atoms in total. The quantitative estimate of drug-likeness (QED) is 0.921. The van der Waals surface area contributed by atoms with Gasteiger partial charge in [0.1, 0.15) is 0 Å². The van der Waals surface area contributed by atoms with Crippen LogP contribution < -0.4 is 5.73 Å². The lowest BCUT2D eigenvalue weighted by Crippen LogP contribution is -2.33. The maximum atomic E-state index is 11.9. The van der Waals surface area contributed by atoms with Gasteiger partial charge in [0.2, 0.25) is 5.91 Å². The molecule has 0 radical (unpaired) electrons. The number of benzene rings is 1. The Kier molecular flexibility index (Phi) is 6.32. The lowest BCUT2D eigenvalue weighted by Gasteiger charge is -2.17. The molecule has 2 N–H and O–H groups in total.